The molecule has 2 nitrogen and oxygen atoms in total. The molecular weight excluding hydrogens is 260 g/mol. The number of rotatable bonds is 0. The minimum atomic E-state index is -0.174. The van der Waals surface area contributed by atoms with Crippen molar-refractivity contribution in [2.24, 2.45) is 70.0 Å². The highest BCUT2D eigenvalue weighted by Gasteiger charge is 2.99. The summed E-state index contributed by atoms with van der Waals surface area (Å²) < 4.78 is 0. The number of carbonyl (C=O) groups is 2. The van der Waals surface area contributed by atoms with Crippen LogP contribution in [0, 0.1) is 70.0 Å². The number of allylic oxidation sites excluding steroid dienone is 2. The van der Waals surface area contributed by atoms with Crippen LogP contribution in [0.25, 0.3) is 0 Å². The molecule has 0 unspecified atom stereocenters. The standard InChI is InChI=1S/C19H18O2/c20-16-12-8-5-9-13(12)17(21)19-11-4-3-10(6-1-2-7(6)11)18(16,19)14(8)15(9)19/h3-4,6-15H,1-2,5H2/t6-,7+,8+,9-,10-,11+,12+,13-,14-,15+,18+,19-. The van der Waals surface area contributed by atoms with Crippen LogP contribution < -0.4 is 0 Å². The van der Waals surface area contributed by atoms with Crippen LogP contribution in [-0.2, 0) is 9.59 Å². The van der Waals surface area contributed by atoms with E-state index in [1.165, 1.54) is 19.3 Å². The third-order valence-electron chi connectivity index (χ3n) is 10.2. The Bertz CT molecular complexity index is 676. The lowest BCUT2D eigenvalue weighted by Crippen LogP contribution is -2.79. The SMILES string of the molecule is O=C1[C@@H]2[C@H]3C[C@H]4[C@@H]2C(=O)[C@]25[C@H]4[C@H]3[C@]12[C@H]1C=C[C@@H]5[C@@H]2CC[C@@H]21. The Morgan fingerprint density at radius 1 is 0.762 bits per heavy atom. The van der Waals surface area contributed by atoms with Crippen LogP contribution in [-0.4, -0.2) is 11.6 Å². The molecule has 4 bridgehead atoms. The maximum Gasteiger partial charge on any atom is 0.145 e. The normalized spacial score (nSPS) is 78.3. The Kier molecular flexibility index (Phi) is 1.09. The number of fused-ring (bicyclic) bond motifs is 1. The number of hydrogen-bond acceptors (Lipinski definition) is 2. The molecule has 7 saturated carbocycles. The van der Waals surface area contributed by atoms with E-state index in [0.29, 0.717) is 47.1 Å². The van der Waals surface area contributed by atoms with Crippen molar-refractivity contribution in [1.29, 1.82) is 0 Å². The molecular formula is C19H18O2. The largest absolute Gasteiger partial charge is 0.299 e. The number of ketones is 2. The minimum Gasteiger partial charge on any atom is -0.299 e. The van der Waals surface area contributed by atoms with E-state index in [0.717, 1.165) is 11.8 Å². The van der Waals surface area contributed by atoms with Crippen LogP contribution in [0.2, 0.25) is 0 Å². The van der Waals surface area contributed by atoms with Crippen molar-refractivity contribution in [1.82, 2.24) is 0 Å². The average molecular weight is 278 g/mol. The maximum atomic E-state index is 13.5. The van der Waals surface area contributed by atoms with Crippen molar-refractivity contribution in [2.45, 2.75) is 19.3 Å². The average Bonchev–Trinajstić information content (AvgIpc) is 2.95. The second kappa shape index (κ2) is 2.30. The first-order valence-corrected chi connectivity index (χ1v) is 9.02. The van der Waals surface area contributed by atoms with Crippen molar-refractivity contribution in [3.05, 3.63) is 12.2 Å². The van der Waals surface area contributed by atoms with E-state index in [2.05, 4.69) is 12.2 Å². The Balaban J connectivity index is 1.56. The van der Waals surface area contributed by atoms with Gasteiger partial charge in [0.25, 0.3) is 0 Å². The second-order valence-corrected chi connectivity index (χ2v) is 9.47. The summed E-state index contributed by atoms with van der Waals surface area (Å²) in [5.41, 5.74) is -0.348. The summed E-state index contributed by atoms with van der Waals surface area (Å²) in [6.07, 6.45) is 8.66. The highest BCUT2D eigenvalue weighted by Crippen LogP contribution is 2.96. The summed E-state index contributed by atoms with van der Waals surface area (Å²) in [6.45, 7) is 0. The topological polar surface area (TPSA) is 34.1 Å². The van der Waals surface area contributed by atoms with E-state index >= 15 is 0 Å². The van der Waals surface area contributed by atoms with Gasteiger partial charge in [-0.3, -0.25) is 9.59 Å². The fourth-order valence-electron chi connectivity index (χ4n) is 10.4. The number of carbonyl (C=O) groups excluding carboxylic acids is 2. The highest BCUT2D eigenvalue weighted by atomic mass is 16.2. The molecule has 0 heterocycles. The van der Waals surface area contributed by atoms with Crippen LogP contribution in [0.4, 0.5) is 0 Å². The fraction of sp³-hybridized carbons (Fsp3) is 0.789. The van der Waals surface area contributed by atoms with Crippen LogP contribution in [0.5, 0.6) is 0 Å². The van der Waals surface area contributed by atoms with Gasteiger partial charge in [0, 0.05) is 11.8 Å². The van der Waals surface area contributed by atoms with Crippen molar-refractivity contribution >= 4 is 11.6 Å². The van der Waals surface area contributed by atoms with Crippen molar-refractivity contribution in [2.75, 3.05) is 0 Å². The van der Waals surface area contributed by atoms with Crippen LogP contribution >= 0.6 is 0 Å². The smallest absolute Gasteiger partial charge is 0.145 e. The summed E-state index contributed by atoms with van der Waals surface area (Å²) in [5.74, 6) is 6.39. The molecule has 0 saturated heterocycles. The van der Waals surface area contributed by atoms with Gasteiger partial charge in [0.15, 0.2) is 0 Å². The van der Waals surface area contributed by atoms with Crippen molar-refractivity contribution in [3.8, 4) is 0 Å². The first kappa shape index (κ1) is 9.97. The highest BCUT2D eigenvalue weighted by molar-refractivity contribution is 6.12. The molecule has 106 valence electrons. The lowest BCUT2D eigenvalue weighted by atomic mass is 9.24. The quantitative estimate of drug-likeness (QED) is 0.636. The minimum absolute atomic E-state index is 0.172. The van der Waals surface area contributed by atoms with E-state index < -0.39 is 0 Å². The Labute approximate surface area is 123 Å². The molecule has 0 aromatic heterocycles. The van der Waals surface area contributed by atoms with Crippen LogP contribution in [0.15, 0.2) is 12.2 Å². The Morgan fingerprint density at radius 2 is 1.24 bits per heavy atom. The lowest BCUT2D eigenvalue weighted by Gasteiger charge is -2.77. The third-order valence-corrected chi connectivity index (χ3v) is 10.2. The van der Waals surface area contributed by atoms with Crippen LogP contribution in [0.1, 0.15) is 19.3 Å². The predicted molar refractivity (Wildman–Crippen MR) is 72.8 cm³/mol. The molecule has 12 atom stereocenters. The summed E-state index contributed by atoms with van der Waals surface area (Å²) in [7, 11) is 0. The van der Waals surface area contributed by atoms with Gasteiger partial charge in [-0.2, -0.15) is 0 Å². The van der Waals surface area contributed by atoms with Crippen molar-refractivity contribution < 1.29 is 9.59 Å². The molecule has 0 N–H and O–H groups in total. The molecule has 0 radical (unpaired) electrons. The molecule has 0 aliphatic heterocycles. The molecule has 9 rings (SSSR count). The van der Waals surface area contributed by atoms with Gasteiger partial charge in [-0.15, -0.1) is 0 Å². The first-order valence-electron chi connectivity index (χ1n) is 9.02. The number of Topliss-reactive ketones (excluding diaryl/α,β-unsaturated/α-hetero) is 2. The van der Waals surface area contributed by atoms with Gasteiger partial charge in [-0.25, -0.2) is 0 Å². The van der Waals surface area contributed by atoms with E-state index in [1.807, 2.05) is 0 Å². The van der Waals surface area contributed by atoms with Gasteiger partial charge < -0.3 is 0 Å². The summed E-state index contributed by atoms with van der Waals surface area (Å²) in [6, 6.07) is 0. The maximum absolute atomic E-state index is 13.5. The van der Waals surface area contributed by atoms with Crippen molar-refractivity contribution in [3.63, 3.8) is 0 Å². The zero-order chi connectivity index (χ0) is 13.5. The molecule has 2 heteroatoms. The monoisotopic (exact) mass is 278 g/mol. The van der Waals surface area contributed by atoms with Gasteiger partial charge in [0.05, 0.1) is 10.8 Å². The predicted octanol–water partition coefficient (Wildman–Crippen LogP) is 2.09. The summed E-state index contributed by atoms with van der Waals surface area (Å²) in [5, 5.41) is 0. The van der Waals surface area contributed by atoms with E-state index in [9.17, 15) is 9.59 Å². The second-order valence-electron chi connectivity index (χ2n) is 9.47. The zero-order valence-electron chi connectivity index (χ0n) is 11.9. The van der Waals surface area contributed by atoms with Gasteiger partial charge in [-0.1, -0.05) is 12.2 Å². The Hall–Kier alpha value is -0.920. The molecule has 0 aromatic rings. The van der Waals surface area contributed by atoms with E-state index in [1.54, 1.807) is 0 Å². The zero-order valence-corrected chi connectivity index (χ0v) is 11.9. The van der Waals surface area contributed by atoms with E-state index in [-0.39, 0.29) is 22.7 Å². The number of hydrogen-bond donors (Lipinski definition) is 0. The summed E-state index contributed by atoms with van der Waals surface area (Å²) in [4.78, 5) is 27.0. The molecule has 9 aliphatic rings. The van der Waals surface area contributed by atoms with Gasteiger partial charge >= 0.3 is 0 Å². The van der Waals surface area contributed by atoms with Gasteiger partial charge in [-0.05, 0) is 66.6 Å². The van der Waals surface area contributed by atoms with Gasteiger partial charge in [0.2, 0.25) is 0 Å². The molecule has 0 aromatic carbocycles. The fourth-order valence-corrected chi connectivity index (χ4v) is 10.4. The van der Waals surface area contributed by atoms with Gasteiger partial charge in [0.1, 0.15) is 11.6 Å². The molecule has 7 fully saturated rings. The first-order chi connectivity index (χ1) is 10.3. The molecule has 0 amide bonds. The molecule has 21 heavy (non-hydrogen) atoms. The van der Waals surface area contributed by atoms with Crippen LogP contribution in [0.3, 0.4) is 0 Å². The molecule has 9 aliphatic carbocycles. The molecule has 2 spiro atoms. The Morgan fingerprint density at radius 3 is 1.67 bits per heavy atom. The lowest BCUT2D eigenvalue weighted by molar-refractivity contribution is -0.270. The third kappa shape index (κ3) is 0.534. The summed E-state index contributed by atoms with van der Waals surface area (Å²) >= 11 is 0. The van der Waals surface area contributed by atoms with E-state index in [4.69, 9.17) is 0 Å².